The fourth-order valence-corrected chi connectivity index (χ4v) is 3.72. The number of hydrogen-bond donors (Lipinski definition) is 0. The van der Waals surface area contributed by atoms with E-state index in [1.165, 1.54) is 0 Å². The minimum atomic E-state index is 0.0273. The number of tetrazole rings is 1. The average molecular weight is 427 g/mol. The monoisotopic (exact) mass is 426 g/mol. The third kappa shape index (κ3) is 4.54. The standard InChI is InChI=1S/C25H26N6O/c1-3-5-9-22-18-29(16-6-4-2)25(32)30(22)17-20-12-14-21(15-13-20)23-10-7-8-11-24(23)31-19-26-27-28-31/h7-8,10-15,18-19H,4,6,9,16-17H2,1-2H3. The van der Waals surface area contributed by atoms with Crippen molar-refractivity contribution in [2.75, 3.05) is 0 Å². The van der Waals surface area contributed by atoms with Crippen LogP contribution < -0.4 is 5.69 Å². The van der Waals surface area contributed by atoms with E-state index in [9.17, 15) is 4.79 Å². The van der Waals surface area contributed by atoms with E-state index in [1.54, 1.807) is 11.0 Å². The molecule has 4 aromatic rings. The summed E-state index contributed by atoms with van der Waals surface area (Å²) in [6, 6.07) is 16.3. The molecule has 0 aliphatic carbocycles. The van der Waals surface area contributed by atoms with Gasteiger partial charge in [-0.05, 0) is 41.0 Å². The summed E-state index contributed by atoms with van der Waals surface area (Å²) in [6.07, 6.45) is 6.15. The molecule has 0 radical (unpaired) electrons. The van der Waals surface area contributed by atoms with Crippen LogP contribution in [-0.2, 0) is 19.5 Å². The molecule has 0 atom stereocenters. The molecule has 0 unspecified atom stereocenters. The number of imidazole rings is 1. The largest absolute Gasteiger partial charge is 0.328 e. The molecule has 2 aromatic heterocycles. The molecule has 0 N–H and O–H groups in total. The maximum absolute atomic E-state index is 13.0. The van der Waals surface area contributed by atoms with Gasteiger partial charge in [-0.1, -0.05) is 61.7 Å². The summed E-state index contributed by atoms with van der Waals surface area (Å²) in [5.74, 6) is 6.03. The fourth-order valence-electron chi connectivity index (χ4n) is 3.72. The van der Waals surface area contributed by atoms with Gasteiger partial charge in [0.1, 0.15) is 6.33 Å². The Hall–Kier alpha value is -3.92. The highest BCUT2D eigenvalue weighted by atomic mass is 16.1. The Morgan fingerprint density at radius 3 is 2.59 bits per heavy atom. The predicted octanol–water partition coefficient (Wildman–Crippen LogP) is 3.71. The van der Waals surface area contributed by atoms with Gasteiger partial charge in [0.25, 0.3) is 0 Å². The van der Waals surface area contributed by atoms with Crippen molar-refractivity contribution in [3.8, 4) is 28.7 Å². The van der Waals surface area contributed by atoms with Gasteiger partial charge in [0, 0.05) is 18.3 Å². The topological polar surface area (TPSA) is 70.5 Å². The fraction of sp³-hybridized carbons (Fsp3) is 0.280. The van der Waals surface area contributed by atoms with Gasteiger partial charge in [0.05, 0.1) is 24.3 Å². The average Bonchev–Trinajstić information content (AvgIpc) is 3.46. The van der Waals surface area contributed by atoms with E-state index in [-0.39, 0.29) is 5.69 Å². The number of aryl methyl sites for hydroxylation is 1. The molecule has 2 aromatic carbocycles. The van der Waals surface area contributed by atoms with E-state index in [2.05, 4.69) is 58.6 Å². The van der Waals surface area contributed by atoms with Gasteiger partial charge in [-0.25, -0.2) is 4.79 Å². The molecule has 4 rings (SSSR count). The van der Waals surface area contributed by atoms with Crippen LogP contribution in [0, 0.1) is 11.8 Å². The number of rotatable bonds is 8. The Bertz CT molecular complexity index is 1290. The van der Waals surface area contributed by atoms with Gasteiger partial charge in [-0.3, -0.25) is 9.13 Å². The SMILES string of the molecule is CC#CCc1cn(CCCC)c(=O)n1Cc1ccc(-c2ccccc2-n2cnnn2)cc1. The minimum absolute atomic E-state index is 0.0273. The third-order valence-corrected chi connectivity index (χ3v) is 5.43. The Morgan fingerprint density at radius 1 is 1.06 bits per heavy atom. The molecule has 7 nitrogen and oxygen atoms in total. The quantitative estimate of drug-likeness (QED) is 0.403. The first-order chi connectivity index (χ1) is 15.7. The number of benzene rings is 2. The van der Waals surface area contributed by atoms with E-state index in [0.717, 1.165) is 47.5 Å². The van der Waals surface area contributed by atoms with Crippen molar-refractivity contribution in [2.45, 2.75) is 46.2 Å². The molecule has 0 bridgehead atoms. The lowest BCUT2D eigenvalue weighted by Gasteiger charge is -2.10. The van der Waals surface area contributed by atoms with Gasteiger partial charge in [-0.2, -0.15) is 4.68 Å². The van der Waals surface area contributed by atoms with Crippen LogP contribution in [0.5, 0.6) is 0 Å². The molecule has 0 aliphatic rings. The predicted molar refractivity (Wildman–Crippen MR) is 124 cm³/mol. The number of unbranched alkanes of at least 4 members (excludes halogenated alkanes) is 1. The second-order valence-corrected chi connectivity index (χ2v) is 7.61. The van der Waals surface area contributed by atoms with Crippen molar-refractivity contribution in [3.63, 3.8) is 0 Å². The number of para-hydroxylation sites is 1. The van der Waals surface area contributed by atoms with Crippen molar-refractivity contribution in [3.05, 3.63) is 82.8 Å². The Balaban J connectivity index is 1.62. The van der Waals surface area contributed by atoms with Crippen LogP contribution in [0.2, 0.25) is 0 Å². The van der Waals surface area contributed by atoms with E-state index < -0.39 is 0 Å². The van der Waals surface area contributed by atoms with Gasteiger partial charge >= 0.3 is 5.69 Å². The minimum Gasteiger partial charge on any atom is -0.299 e. The summed E-state index contributed by atoms with van der Waals surface area (Å²) in [5.41, 5.74) is 5.05. The van der Waals surface area contributed by atoms with Crippen molar-refractivity contribution in [1.29, 1.82) is 0 Å². The van der Waals surface area contributed by atoms with Crippen LogP contribution in [-0.4, -0.2) is 29.3 Å². The van der Waals surface area contributed by atoms with E-state index in [1.807, 2.05) is 46.5 Å². The zero-order valence-electron chi connectivity index (χ0n) is 18.4. The van der Waals surface area contributed by atoms with Crippen LogP contribution in [0.15, 0.2) is 65.8 Å². The van der Waals surface area contributed by atoms with Gasteiger partial charge in [-0.15, -0.1) is 11.0 Å². The summed E-state index contributed by atoms with van der Waals surface area (Å²) in [7, 11) is 0. The van der Waals surface area contributed by atoms with Crippen molar-refractivity contribution in [2.24, 2.45) is 0 Å². The second kappa shape index (κ2) is 9.92. The first kappa shape index (κ1) is 21.3. The zero-order valence-corrected chi connectivity index (χ0v) is 18.4. The molecule has 162 valence electrons. The van der Waals surface area contributed by atoms with Crippen molar-refractivity contribution in [1.82, 2.24) is 29.3 Å². The molecular formula is C25H26N6O. The smallest absolute Gasteiger partial charge is 0.299 e. The normalized spacial score (nSPS) is 10.7. The van der Waals surface area contributed by atoms with Crippen LogP contribution in [0.4, 0.5) is 0 Å². The third-order valence-electron chi connectivity index (χ3n) is 5.43. The highest BCUT2D eigenvalue weighted by molar-refractivity contribution is 5.72. The summed E-state index contributed by atoms with van der Waals surface area (Å²) in [6.45, 7) is 5.21. The van der Waals surface area contributed by atoms with Crippen molar-refractivity contribution < 1.29 is 0 Å². The van der Waals surface area contributed by atoms with E-state index in [4.69, 9.17) is 0 Å². The molecule has 0 fully saturated rings. The first-order valence-electron chi connectivity index (χ1n) is 10.8. The summed E-state index contributed by atoms with van der Waals surface area (Å²) in [5, 5.41) is 11.5. The Kier molecular flexibility index (Phi) is 6.61. The molecule has 0 amide bonds. The maximum atomic E-state index is 13.0. The van der Waals surface area contributed by atoms with Crippen LogP contribution in [0.3, 0.4) is 0 Å². The zero-order chi connectivity index (χ0) is 22.3. The molecule has 7 heteroatoms. The lowest BCUT2D eigenvalue weighted by molar-refractivity contribution is 0.593. The molecular weight excluding hydrogens is 400 g/mol. The van der Waals surface area contributed by atoms with Crippen LogP contribution in [0.25, 0.3) is 16.8 Å². The molecule has 32 heavy (non-hydrogen) atoms. The molecule has 2 heterocycles. The van der Waals surface area contributed by atoms with E-state index in [0.29, 0.717) is 13.0 Å². The van der Waals surface area contributed by atoms with Gasteiger partial charge in [0.15, 0.2) is 0 Å². The first-order valence-corrected chi connectivity index (χ1v) is 10.8. The van der Waals surface area contributed by atoms with E-state index >= 15 is 0 Å². The number of hydrogen-bond acceptors (Lipinski definition) is 4. The van der Waals surface area contributed by atoms with Crippen molar-refractivity contribution >= 4 is 0 Å². The summed E-state index contributed by atoms with van der Waals surface area (Å²) < 4.78 is 5.31. The molecule has 0 aliphatic heterocycles. The Morgan fingerprint density at radius 2 is 1.88 bits per heavy atom. The van der Waals surface area contributed by atoms with Crippen LogP contribution in [0.1, 0.15) is 37.9 Å². The molecule has 0 saturated heterocycles. The number of nitrogens with zero attached hydrogens (tertiary/aromatic N) is 6. The van der Waals surface area contributed by atoms with Crippen LogP contribution >= 0.6 is 0 Å². The lowest BCUT2D eigenvalue weighted by atomic mass is 10.0. The van der Waals surface area contributed by atoms with Gasteiger partial charge < -0.3 is 0 Å². The highest BCUT2D eigenvalue weighted by Crippen LogP contribution is 2.26. The number of aromatic nitrogens is 6. The highest BCUT2D eigenvalue weighted by Gasteiger charge is 2.12. The molecule has 0 saturated carbocycles. The molecule has 0 spiro atoms. The summed E-state index contributed by atoms with van der Waals surface area (Å²) >= 11 is 0. The lowest BCUT2D eigenvalue weighted by Crippen LogP contribution is -2.25. The summed E-state index contributed by atoms with van der Waals surface area (Å²) in [4.78, 5) is 13.0. The Labute approximate surface area is 187 Å². The second-order valence-electron chi connectivity index (χ2n) is 7.61. The maximum Gasteiger partial charge on any atom is 0.328 e. The van der Waals surface area contributed by atoms with Gasteiger partial charge in [0.2, 0.25) is 0 Å².